The Balaban J connectivity index is 1.95. The first-order valence-corrected chi connectivity index (χ1v) is 6.50. The van der Waals surface area contributed by atoms with Crippen LogP contribution in [0.15, 0.2) is 57.0 Å². The number of nitrogens with zero attached hydrogens (tertiary/aromatic N) is 1. The van der Waals surface area contributed by atoms with Gasteiger partial charge in [0.2, 0.25) is 0 Å². The maximum absolute atomic E-state index is 5.83. The van der Waals surface area contributed by atoms with E-state index >= 15 is 0 Å². The molecule has 5 heteroatoms. The molecule has 0 radical (unpaired) electrons. The molecule has 90 valence electrons. The number of nitrogen functional groups attached to an aromatic ring is 1. The molecule has 0 bridgehead atoms. The van der Waals surface area contributed by atoms with Gasteiger partial charge in [-0.2, -0.15) is 0 Å². The molecule has 0 aliphatic rings. The summed E-state index contributed by atoms with van der Waals surface area (Å²) in [5, 5.41) is 1.28. The highest BCUT2D eigenvalue weighted by Crippen LogP contribution is 2.31. The van der Waals surface area contributed by atoms with Crippen LogP contribution in [0.2, 0.25) is 5.02 Å². The van der Waals surface area contributed by atoms with Crippen molar-refractivity contribution in [1.82, 2.24) is 4.98 Å². The highest BCUT2D eigenvalue weighted by Gasteiger charge is 2.09. The summed E-state index contributed by atoms with van der Waals surface area (Å²) in [6, 6.07) is 13.0. The van der Waals surface area contributed by atoms with Crippen molar-refractivity contribution in [3.63, 3.8) is 0 Å². The second kappa shape index (κ2) is 4.55. The summed E-state index contributed by atoms with van der Waals surface area (Å²) in [5.41, 5.74) is 7.86. The number of anilines is 1. The molecule has 0 fully saturated rings. The monoisotopic (exact) mass is 276 g/mol. The Morgan fingerprint density at radius 3 is 2.61 bits per heavy atom. The standard InChI is InChI=1S/C13H9ClN2OS/c14-8-4-6-9(7-5-8)18-13-16-12-10(15)2-1-3-11(12)17-13/h1-7H,15H2. The van der Waals surface area contributed by atoms with E-state index in [0.29, 0.717) is 27.0 Å². The van der Waals surface area contributed by atoms with Crippen molar-refractivity contribution in [2.75, 3.05) is 5.73 Å². The lowest BCUT2D eigenvalue weighted by Crippen LogP contribution is -1.84. The average molecular weight is 277 g/mol. The molecule has 18 heavy (non-hydrogen) atoms. The Bertz CT molecular complexity index is 694. The molecule has 0 amide bonds. The Morgan fingerprint density at radius 2 is 1.89 bits per heavy atom. The molecule has 0 atom stereocenters. The van der Waals surface area contributed by atoms with Crippen molar-refractivity contribution in [2.24, 2.45) is 0 Å². The van der Waals surface area contributed by atoms with Gasteiger partial charge in [-0.25, -0.2) is 4.98 Å². The van der Waals surface area contributed by atoms with Crippen molar-refractivity contribution >= 4 is 40.1 Å². The van der Waals surface area contributed by atoms with Crippen LogP contribution in [0.3, 0.4) is 0 Å². The number of nitrogens with two attached hydrogens (primary N) is 1. The number of oxazole rings is 1. The summed E-state index contributed by atoms with van der Waals surface area (Å²) in [7, 11) is 0. The molecule has 0 unspecified atom stereocenters. The van der Waals surface area contributed by atoms with Gasteiger partial charge in [-0.05, 0) is 48.2 Å². The number of halogens is 1. The maximum atomic E-state index is 5.83. The molecule has 3 aromatic rings. The molecule has 0 spiro atoms. The molecule has 0 aliphatic carbocycles. The zero-order valence-electron chi connectivity index (χ0n) is 9.26. The predicted molar refractivity (Wildman–Crippen MR) is 74.0 cm³/mol. The molecule has 3 rings (SSSR count). The quantitative estimate of drug-likeness (QED) is 0.712. The van der Waals surface area contributed by atoms with Gasteiger partial charge in [0, 0.05) is 9.92 Å². The fourth-order valence-corrected chi connectivity index (χ4v) is 2.46. The summed E-state index contributed by atoms with van der Waals surface area (Å²) in [4.78, 5) is 5.39. The van der Waals surface area contributed by atoms with Crippen LogP contribution in [0.5, 0.6) is 0 Å². The second-order valence-corrected chi connectivity index (χ2v) is 5.19. The van der Waals surface area contributed by atoms with E-state index in [0.717, 1.165) is 4.90 Å². The fraction of sp³-hybridized carbons (Fsp3) is 0. The number of hydrogen-bond acceptors (Lipinski definition) is 4. The Hall–Kier alpha value is -1.65. The van der Waals surface area contributed by atoms with Crippen molar-refractivity contribution in [1.29, 1.82) is 0 Å². The van der Waals surface area contributed by atoms with E-state index in [-0.39, 0.29) is 0 Å². The van der Waals surface area contributed by atoms with Crippen LogP contribution in [0.25, 0.3) is 11.1 Å². The molecule has 0 aliphatic heterocycles. The number of aromatic nitrogens is 1. The summed E-state index contributed by atoms with van der Waals surface area (Å²) in [6.45, 7) is 0. The molecule has 1 heterocycles. The highest BCUT2D eigenvalue weighted by atomic mass is 35.5. The molecule has 3 nitrogen and oxygen atoms in total. The van der Waals surface area contributed by atoms with Gasteiger partial charge in [0.05, 0.1) is 5.69 Å². The lowest BCUT2D eigenvalue weighted by Gasteiger charge is -1.95. The van der Waals surface area contributed by atoms with Gasteiger partial charge in [-0.1, -0.05) is 17.7 Å². The second-order valence-electron chi connectivity index (χ2n) is 3.73. The summed E-state index contributed by atoms with van der Waals surface area (Å²) < 4.78 is 5.62. The molecular weight excluding hydrogens is 268 g/mol. The van der Waals surface area contributed by atoms with Crippen molar-refractivity contribution < 1.29 is 4.42 Å². The minimum atomic E-state index is 0.574. The Labute approximate surface area is 113 Å². The normalized spacial score (nSPS) is 10.9. The molecule has 0 saturated heterocycles. The van der Waals surface area contributed by atoms with Crippen LogP contribution in [0.1, 0.15) is 0 Å². The van der Waals surface area contributed by atoms with Crippen LogP contribution < -0.4 is 5.73 Å². The lowest BCUT2D eigenvalue weighted by atomic mass is 10.3. The first-order chi connectivity index (χ1) is 8.72. The van der Waals surface area contributed by atoms with Gasteiger partial charge in [-0.3, -0.25) is 0 Å². The van der Waals surface area contributed by atoms with Crippen LogP contribution in [-0.4, -0.2) is 4.98 Å². The van der Waals surface area contributed by atoms with Crippen molar-refractivity contribution in [3.8, 4) is 0 Å². The maximum Gasteiger partial charge on any atom is 0.261 e. The highest BCUT2D eigenvalue weighted by molar-refractivity contribution is 7.99. The number of para-hydroxylation sites is 1. The van der Waals surface area contributed by atoms with E-state index in [1.807, 2.05) is 42.5 Å². The van der Waals surface area contributed by atoms with E-state index < -0.39 is 0 Å². The third kappa shape index (κ3) is 2.17. The molecule has 2 N–H and O–H groups in total. The van der Waals surface area contributed by atoms with E-state index in [1.54, 1.807) is 0 Å². The Morgan fingerprint density at radius 1 is 1.11 bits per heavy atom. The first kappa shape index (κ1) is 11.4. The van der Waals surface area contributed by atoms with Gasteiger partial charge in [-0.15, -0.1) is 0 Å². The van der Waals surface area contributed by atoms with E-state index in [2.05, 4.69) is 4.98 Å². The molecule has 0 saturated carbocycles. The third-order valence-electron chi connectivity index (χ3n) is 2.45. The number of rotatable bonds is 2. The minimum Gasteiger partial charge on any atom is -0.431 e. The number of hydrogen-bond donors (Lipinski definition) is 1. The van der Waals surface area contributed by atoms with Gasteiger partial charge >= 0.3 is 0 Å². The molecule has 2 aromatic carbocycles. The largest absolute Gasteiger partial charge is 0.431 e. The van der Waals surface area contributed by atoms with Gasteiger partial charge in [0.25, 0.3) is 5.22 Å². The zero-order chi connectivity index (χ0) is 12.5. The minimum absolute atomic E-state index is 0.574. The first-order valence-electron chi connectivity index (χ1n) is 5.31. The van der Waals surface area contributed by atoms with Gasteiger partial charge in [0.15, 0.2) is 5.58 Å². The third-order valence-corrected chi connectivity index (χ3v) is 3.56. The van der Waals surface area contributed by atoms with E-state index in [1.165, 1.54) is 11.8 Å². The van der Waals surface area contributed by atoms with Crippen molar-refractivity contribution in [2.45, 2.75) is 10.1 Å². The lowest BCUT2D eigenvalue weighted by molar-refractivity contribution is 0.489. The van der Waals surface area contributed by atoms with Crippen LogP contribution in [-0.2, 0) is 0 Å². The smallest absolute Gasteiger partial charge is 0.261 e. The van der Waals surface area contributed by atoms with Crippen LogP contribution >= 0.6 is 23.4 Å². The SMILES string of the molecule is Nc1cccc2oc(Sc3ccc(Cl)cc3)nc12. The fourth-order valence-electron chi connectivity index (χ4n) is 1.60. The summed E-state index contributed by atoms with van der Waals surface area (Å²) in [6.07, 6.45) is 0. The molecule has 1 aromatic heterocycles. The number of fused-ring (bicyclic) bond motifs is 1. The number of benzene rings is 2. The average Bonchev–Trinajstić information content (AvgIpc) is 2.76. The summed E-state index contributed by atoms with van der Waals surface area (Å²) in [5.74, 6) is 0. The predicted octanol–water partition coefficient (Wildman–Crippen LogP) is 4.21. The van der Waals surface area contributed by atoms with Crippen LogP contribution in [0.4, 0.5) is 5.69 Å². The summed E-state index contributed by atoms with van der Waals surface area (Å²) >= 11 is 7.27. The van der Waals surface area contributed by atoms with Crippen molar-refractivity contribution in [3.05, 3.63) is 47.5 Å². The van der Waals surface area contributed by atoms with Gasteiger partial charge in [0.1, 0.15) is 5.52 Å². The zero-order valence-corrected chi connectivity index (χ0v) is 10.8. The topological polar surface area (TPSA) is 52.0 Å². The van der Waals surface area contributed by atoms with E-state index in [4.69, 9.17) is 21.8 Å². The Kier molecular flexibility index (Phi) is 2.89. The van der Waals surface area contributed by atoms with Gasteiger partial charge < -0.3 is 10.2 Å². The van der Waals surface area contributed by atoms with Crippen LogP contribution in [0, 0.1) is 0 Å². The molecular formula is C13H9ClN2OS. The van der Waals surface area contributed by atoms with E-state index in [9.17, 15) is 0 Å².